The lowest BCUT2D eigenvalue weighted by molar-refractivity contribution is 0.0476. The van der Waals surface area contributed by atoms with Crippen LogP contribution in [0.2, 0.25) is 0 Å². The molecule has 0 aliphatic heterocycles. The Labute approximate surface area is 213 Å². The van der Waals surface area contributed by atoms with Crippen LogP contribution in [0.5, 0.6) is 0 Å². The summed E-state index contributed by atoms with van der Waals surface area (Å²) in [4.78, 5) is 55.2. The van der Waals surface area contributed by atoms with Crippen LogP contribution in [0.4, 0.5) is 5.82 Å². The Morgan fingerprint density at radius 3 is 2.38 bits per heavy atom. The fraction of sp³-hybridized carbons (Fsp3) is 0.250. The molecule has 4 rings (SSSR count). The van der Waals surface area contributed by atoms with Crippen LogP contribution >= 0.6 is 0 Å². The topological polar surface area (TPSA) is 126 Å². The molecule has 2 aromatic carbocycles. The zero-order valence-corrected chi connectivity index (χ0v) is 21.1. The van der Waals surface area contributed by atoms with Crippen molar-refractivity contribution in [2.45, 2.75) is 26.2 Å². The van der Waals surface area contributed by atoms with Crippen LogP contribution in [0.25, 0.3) is 22.2 Å². The van der Waals surface area contributed by atoms with E-state index < -0.39 is 35.2 Å². The molecule has 9 heteroatoms. The van der Waals surface area contributed by atoms with Gasteiger partial charge in [0.15, 0.2) is 6.61 Å². The van der Waals surface area contributed by atoms with Crippen LogP contribution in [-0.2, 0) is 18.8 Å². The van der Waals surface area contributed by atoms with Gasteiger partial charge in [0.2, 0.25) is 5.78 Å². The van der Waals surface area contributed by atoms with E-state index >= 15 is 0 Å². The van der Waals surface area contributed by atoms with E-state index in [-0.39, 0.29) is 11.4 Å². The first-order chi connectivity index (χ1) is 17.6. The molecule has 2 heterocycles. The van der Waals surface area contributed by atoms with E-state index in [2.05, 4.69) is 26.0 Å². The largest absolute Gasteiger partial charge is 0.454 e. The number of para-hydroxylation sites is 1. The Morgan fingerprint density at radius 1 is 1.03 bits per heavy atom. The summed E-state index contributed by atoms with van der Waals surface area (Å²) in [6, 6.07) is 16.8. The summed E-state index contributed by atoms with van der Waals surface area (Å²) < 4.78 is 7.09. The van der Waals surface area contributed by atoms with Crippen molar-refractivity contribution in [1.82, 2.24) is 14.1 Å². The third kappa shape index (κ3) is 4.80. The molecule has 37 heavy (non-hydrogen) atoms. The Morgan fingerprint density at radius 2 is 1.70 bits per heavy atom. The van der Waals surface area contributed by atoms with Crippen molar-refractivity contribution in [3.8, 4) is 11.3 Å². The van der Waals surface area contributed by atoms with Crippen molar-refractivity contribution in [3.63, 3.8) is 0 Å². The van der Waals surface area contributed by atoms with Gasteiger partial charge < -0.3 is 10.5 Å². The summed E-state index contributed by atoms with van der Waals surface area (Å²) in [6.07, 6.45) is 1.03. The third-order valence-electron chi connectivity index (χ3n) is 6.65. The number of nitrogen functional groups attached to an aromatic ring is 1. The molecule has 0 fully saturated rings. The fourth-order valence-corrected chi connectivity index (χ4v) is 4.11. The molecule has 0 aliphatic carbocycles. The second-order valence-electron chi connectivity index (χ2n) is 8.97. The standard InChI is InChI=1S/C28H28N4O5/c1-5-16(2)17-10-12-18(13-11-17)22-14-20(19-8-6-7-9-21(19)30-22)27(35)37-15-23(33)24-25(29)31(3)28(36)32(4)26(24)34/h6-14,16H,5,15,29H2,1-4H3/t16-/m0/s1. The van der Waals surface area contributed by atoms with E-state index in [1.54, 1.807) is 24.3 Å². The molecule has 190 valence electrons. The maximum Gasteiger partial charge on any atom is 0.339 e. The van der Waals surface area contributed by atoms with Gasteiger partial charge in [-0.3, -0.25) is 18.7 Å². The zero-order chi connectivity index (χ0) is 26.9. The van der Waals surface area contributed by atoms with E-state index in [4.69, 9.17) is 15.5 Å². The quantitative estimate of drug-likeness (QED) is 0.304. The minimum Gasteiger partial charge on any atom is -0.454 e. The van der Waals surface area contributed by atoms with Crippen molar-refractivity contribution >= 4 is 28.5 Å². The molecule has 0 aliphatic rings. The highest BCUT2D eigenvalue weighted by Gasteiger charge is 2.23. The van der Waals surface area contributed by atoms with E-state index in [9.17, 15) is 19.2 Å². The molecule has 9 nitrogen and oxygen atoms in total. The van der Waals surface area contributed by atoms with E-state index in [1.807, 2.05) is 18.2 Å². The van der Waals surface area contributed by atoms with Gasteiger partial charge in [-0.05, 0) is 30.0 Å². The number of nitrogens with zero attached hydrogens (tertiary/aromatic N) is 3. The van der Waals surface area contributed by atoms with Crippen molar-refractivity contribution in [2.24, 2.45) is 14.1 Å². The molecular weight excluding hydrogens is 472 g/mol. The highest BCUT2D eigenvalue weighted by Crippen LogP contribution is 2.27. The second kappa shape index (κ2) is 10.2. The molecule has 0 bridgehead atoms. The first-order valence-electron chi connectivity index (χ1n) is 11.9. The molecule has 0 amide bonds. The SMILES string of the molecule is CC[C@H](C)c1ccc(-c2cc(C(=O)OCC(=O)c3c(N)n(C)c(=O)n(C)c3=O)c3ccccc3n2)cc1. The average Bonchev–Trinajstić information content (AvgIpc) is 2.92. The maximum absolute atomic E-state index is 13.1. The van der Waals surface area contributed by atoms with Gasteiger partial charge in [-0.2, -0.15) is 0 Å². The molecule has 1 atom stereocenters. The zero-order valence-electron chi connectivity index (χ0n) is 21.1. The minimum atomic E-state index is -0.848. The average molecular weight is 501 g/mol. The van der Waals surface area contributed by atoms with Crippen LogP contribution in [-0.4, -0.2) is 32.5 Å². The summed E-state index contributed by atoms with van der Waals surface area (Å²) in [5, 5.41) is 0.567. The van der Waals surface area contributed by atoms with Crippen LogP contribution in [0, 0.1) is 0 Å². The Hall–Kier alpha value is -4.53. The smallest absolute Gasteiger partial charge is 0.339 e. The number of hydrogen-bond donors (Lipinski definition) is 1. The number of carbonyl (C=O) groups is 2. The minimum absolute atomic E-state index is 0.237. The molecular formula is C28H28N4O5. The van der Waals surface area contributed by atoms with Gasteiger partial charge in [0.1, 0.15) is 11.4 Å². The summed E-state index contributed by atoms with van der Waals surface area (Å²) in [5.74, 6) is -1.41. The predicted molar refractivity (Wildman–Crippen MR) is 142 cm³/mol. The summed E-state index contributed by atoms with van der Waals surface area (Å²) in [5.41, 5.74) is 7.41. The lowest BCUT2D eigenvalue weighted by atomic mass is 9.96. The Bertz CT molecular complexity index is 1630. The number of benzene rings is 2. The fourth-order valence-electron chi connectivity index (χ4n) is 4.11. The van der Waals surface area contributed by atoms with Crippen molar-refractivity contribution in [1.29, 1.82) is 0 Å². The van der Waals surface area contributed by atoms with Crippen molar-refractivity contribution in [2.75, 3.05) is 12.3 Å². The van der Waals surface area contributed by atoms with Gasteiger partial charge in [-0.1, -0.05) is 56.3 Å². The Kier molecular flexibility index (Phi) is 7.06. The number of esters is 1. The summed E-state index contributed by atoms with van der Waals surface area (Å²) in [6.45, 7) is 3.58. The van der Waals surface area contributed by atoms with Gasteiger partial charge in [-0.25, -0.2) is 14.6 Å². The molecule has 0 radical (unpaired) electrons. The highest BCUT2D eigenvalue weighted by atomic mass is 16.5. The number of ketones is 1. The lowest BCUT2D eigenvalue weighted by Gasteiger charge is -2.13. The van der Waals surface area contributed by atoms with Crippen LogP contribution in [0.15, 0.2) is 64.2 Å². The van der Waals surface area contributed by atoms with E-state index in [0.717, 1.165) is 21.1 Å². The number of rotatable bonds is 7. The van der Waals surface area contributed by atoms with Gasteiger partial charge in [0.05, 0.1) is 16.8 Å². The number of Topliss-reactive ketones (excluding diaryl/α,β-unsaturated/α-hetero) is 1. The van der Waals surface area contributed by atoms with E-state index in [0.29, 0.717) is 22.5 Å². The number of fused-ring (bicyclic) bond motifs is 1. The number of carbonyl (C=O) groups excluding carboxylic acids is 2. The number of aromatic nitrogens is 3. The number of hydrogen-bond acceptors (Lipinski definition) is 7. The molecule has 0 saturated heterocycles. The number of nitrogens with two attached hydrogens (primary N) is 1. The molecule has 2 N–H and O–H groups in total. The van der Waals surface area contributed by atoms with Crippen molar-refractivity contribution < 1.29 is 14.3 Å². The molecule has 0 saturated carbocycles. The monoisotopic (exact) mass is 500 g/mol. The molecule has 0 unspecified atom stereocenters. The summed E-state index contributed by atoms with van der Waals surface area (Å²) in [7, 11) is 2.59. The predicted octanol–water partition coefficient (Wildman–Crippen LogP) is 3.43. The number of pyridine rings is 1. The highest BCUT2D eigenvalue weighted by molar-refractivity contribution is 6.06. The normalized spacial score (nSPS) is 11.9. The second-order valence-corrected chi connectivity index (χ2v) is 8.97. The van der Waals surface area contributed by atoms with Gasteiger partial charge in [0.25, 0.3) is 5.56 Å². The van der Waals surface area contributed by atoms with Gasteiger partial charge in [0, 0.05) is 25.0 Å². The summed E-state index contributed by atoms with van der Waals surface area (Å²) >= 11 is 0. The van der Waals surface area contributed by atoms with Gasteiger partial charge >= 0.3 is 11.7 Å². The molecule has 4 aromatic rings. The number of anilines is 1. The van der Waals surface area contributed by atoms with Crippen LogP contribution in [0.3, 0.4) is 0 Å². The molecule has 0 spiro atoms. The third-order valence-corrected chi connectivity index (χ3v) is 6.65. The first kappa shape index (κ1) is 25.6. The van der Waals surface area contributed by atoms with Crippen molar-refractivity contribution in [3.05, 3.63) is 92.1 Å². The lowest BCUT2D eigenvalue weighted by Crippen LogP contribution is -2.42. The van der Waals surface area contributed by atoms with Crippen LogP contribution in [0.1, 0.15) is 52.5 Å². The first-order valence-corrected chi connectivity index (χ1v) is 11.9. The Balaban J connectivity index is 1.66. The molecule has 2 aromatic heterocycles. The van der Waals surface area contributed by atoms with E-state index in [1.165, 1.54) is 19.7 Å². The van der Waals surface area contributed by atoms with Gasteiger partial charge in [-0.15, -0.1) is 0 Å². The number of ether oxygens (including phenoxy) is 1. The maximum atomic E-state index is 13.1. The van der Waals surface area contributed by atoms with Crippen LogP contribution < -0.4 is 17.0 Å².